The van der Waals surface area contributed by atoms with Crippen LogP contribution in [0.25, 0.3) is 0 Å². The van der Waals surface area contributed by atoms with E-state index in [-0.39, 0.29) is 11.5 Å². The van der Waals surface area contributed by atoms with Crippen LogP contribution in [-0.2, 0) is 4.79 Å². The van der Waals surface area contributed by atoms with Crippen molar-refractivity contribution in [1.29, 1.82) is 0 Å². The van der Waals surface area contributed by atoms with E-state index < -0.39 is 5.97 Å². The van der Waals surface area contributed by atoms with Crippen molar-refractivity contribution >= 4 is 33.5 Å². The summed E-state index contributed by atoms with van der Waals surface area (Å²) in [7, 11) is 0. The number of aromatic carboxylic acids is 1. The smallest absolute Gasteiger partial charge is 0.335 e. The maximum absolute atomic E-state index is 11.7. The van der Waals surface area contributed by atoms with Gasteiger partial charge in [0.2, 0.25) is 5.91 Å². The highest BCUT2D eigenvalue weighted by Gasteiger charge is 2.10. The zero-order chi connectivity index (χ0) is 14.4. The highest BCUT2D eigenvalue weighted by Crippen LogP contribution is 2.24. The largest absolute Gasteiger partial charge is 0.478 e. The Bertz CT molecular complexity index is 477. The lowest BCUT2D eigenvalue weighted by molar-refractivity contribution is -0.116. The second kappa shape index (κ2) is 7.25. The first-order valence-corrected chi connectivity index (χ1v) is 6.76. The van der Waals surface area contributed by atoms with Crippen LogP contribution in [0.2, 0.25) is 0 Å². The summed E-state index contributed by atoms with van der Waals surface area (Å²) >= 11 is 3.27. The lowest BCUT2D eigenvalue weighted by Crippen LogP contribution is -2.16. The molecule has 0 fully saturated rings. The van der Waals surface area contributed by atoms with Gasteiger partial charge in [0.15, 0.2) is 0 Å². The van der Waals surface area contributed by atoms with Gasteiger partial charge in [0.25, 0.3) is 0 Å². The number of amides is 1. The van der Waals surface area contributed by atoms with E-state index in [1.54, 1.807) is 6.07 Å². The summed E-state index contributed by atoms with van der Waals surface area (Å²) in [6.07, 6.45) is 1.07. The fraction of sp³-hybridized carbons (Fsp3) is 0.385. The Morgan fingerprint density at radius 2 is 2.16 bits per heavy atom. The average Bonchev–Trinajstić information content (AvgIpc) is 2.38. The van der Waals surface area contributed by atoms with Crippen molar-refractivity contribution in [2.45, 2.75) is 19.8 Å². The molecule has 0 radical (unpaired) electrons. The van der Waals surface area contributed by atoms with Gasteiger partial charge in [-0.25, -0.2) is 4.79 Å². The van der Waals surface area contributed by atoms with Crippen molar-refractivity contribution in [2.75, 3.05) is 11.9 Å². The van der Waals surface area contributed by atoms with Gasteiger partial charge in [-0.3, -0.25) is 4.79 Å². The Morgan fingerprint density at radius 1 is 1.47 bits per heavy atom. The maximum Gasteiger partial charge on any atom is 0.335 e. The van der Waals surface area contributed by atoms with Crippen LogP contribution in [0.4, 0.5) is 5.69 Å². The molecule has 0 aliphatic carbocycles. The highest BCUT2D eigenvalue weighted by molar-refractivity contribution is 9.10. The van der Waals surface area contributed by atoms with Crippen LogP contribution in [0, 0.1) is 5.92 Å². The number of carboxylic acid groups (broad SMARTS) is 1. The third kappa shape index (κ3) is 5.00. The van der Waals surface area contributed by atoms with Crippen molar-refractivity contribution in [3.8, 4) is 0 Å². The number of hydrogen-bond acceptors (Lipinski definition) is 3. The molecule has 0 bridgehead atoms. The zero-order valence-corrected chi connectivity index (χ0v) is 12.2. The van der Waals surface area contributed by atoms with Crippen LogP contribution >= 0.6 is 15.9 Å². The summed E-state index contributed by atoms with van der Waals surface area (Å²) in [5, 5.41) is 11.6. The molecule has 0 saturated heterocycles. The first-order chi connectivity index (χ1) is 8.93. The summed E-state index contributed by atoms with van der Waals surface area (Å²) in [6, 6.07) is 4.50. The number of nitrogens with one attached hydrogen (secondary N) is 1. The first kappa shape index (κ1) is 15.7. The zero-order valence-electron chi connectivity index (χ0n) is 10.6. The molecule has 0 heterocycles. The molecular weight excluding hydrogens is 312 g/mol. The number of halogens is 1. The molecule has 19 heavy (non-hydrogen) atoms. The van der Waals surface area contributed by atoms with Gasteiger partial charge in [-0.1, -0.05) is 6.92 Å². The lowest BCUT2D eigenvalue weighted by atomic mass is 10.1. The van der Waals surface area contributed by atoms with Crippen molar-refractivity contribution < 1.29 is 14.7 Å². The molecule has 0 aliphatic heterocycles. The fourth-order valence-electron chi connectivity index (χ4n) is 1.46. The topological polar surface area (TPSA) is 92.4 Å². The van der Waals surface area contributed by atoms with Crippen molar-refractivity contribution in [1.82, 2.24) is 0 Å². The van der Waals surface area contributed by atoms with Gasteiger partial charge >= 0.3 is 5.97 Å². The number of carbonyl (C=O) groups excluding carboxylic acids is 1. The first-order valence-electron chi connectivity index (χ1n) is 5.96. The van der Waals surface area contributed by atoms with Gasteiger partial charge < -0.3 is 16.2 Å². The summed E-state index contributed by atoms with van der Waals surface area (Å²) in [4.78, 5) is 22.6. The number of carboxylic acids is 1. The van der Waals surface area contributed by atoms with Gasteiger partial charge in [-0.15, -0.1) is 0 Å². The molecule has 1 unspecified atom stereocenters. The van der Waals surface area contributed by atoms with Crippen LogP contribution in [-0.4, -0.2) is 23.5 Å². The SMILES string of the molecule is CC(CN)CCC(=O)Nc1cc(C(=O)O)ccc1Br. The highest BCUT2D eigenvalue weighted by atomic mass is 79.9. The molecule has 5 nitrogen and oxygen atoms in total. The molecule has 0 saturated carbocycles. The maximum atomic E-state index is 11.7. The second-order valence-corrected chi connectivity index (χ2v) is 5.28. The summed E-state index contributed by atoms with van der Waals surface area (Å²) in [6.45, 7) is 2.53. The van der Waals surface area contributed by atoms with E-state index in [1.165, 1.54) is 12.1 Å². The number of hydrogen-bond donors (Lipinski definition) is 3. The third-order valence-electron chi connectivity index (χ3n) is 2.75. The van der Waals surface area contributed by atoms with Crippen LogP contribution in [0.15, 0.2) is 22.7 Å². The number of rotatable bonds is 6. The molecule has 1 rings (SSSR count). The van der Waals surface area contributed by atoms with E-state index in [0.717, 1.165) is 0 Å². The molecule has 104 valence electrons. The van der Waals surface area contributed by atoms with Gasteiger partial charge in [0.05, 0.1) is 11.3 Å². The van der Waals surface area contributed by atoms with Gasteiger partial charge in [0, 0.05) is 10.9 Å². The Hall–Kier alpha value is -1.40. The van der Waals surface area contributed by atoms with Crippen LogP contribution < -0.4 is 11.1 Å². The second-order valence-electron chi connectivity index (χ2n) is 4.43. The normalized spacial score (nSPS) is 11.9. The van der Waals surface area contributed by atoms with E-state index in [0.29, 0.717) is 35.5 Å². The van der Waals surface area contributed by atoms with Crippen LogP contribution in [0.5, 0.6) is 0 Å². The average molecular weight is 329 g/mol. The minimum Gasteiger partial charge on any atom is -0.478 e. The quantitative estimate of drug-likeness (QED) is 0.747. The van der Waals surface area contributed by atoms with Crippen LogP contribution in [0.3, 0.4) is 0 Å². The molecule has 1 amide bonds. The number of carbonyl (C=O) groups is 2. The minimum atomic E-state index is -1.03. The van der Waals surface area contributed by atoms with E-state index in [1.807, 2.05) is 6.92 Å². The number of benzene rings is 1. The summed E-state index contributed by atoms with van der Waals surface area (Å²) in [5.41, 5.74) is 6.08. The summed E-state index contributed by atoms with van der Waals surface area (Å²) in [5.74, 6) is -0.886. The van der Waals surface area contributed by atoms with Gasteiger partial charge in [-0.2, -0.15) is 0 Å². The Balaban J connectivity index is 2.68. The monoisotopic (exact) mass is 328 g/mol. The molecule has 1 aromatic rings. The Kier molecular flexibility index (Phi) is 5.98. The number of nitrogens with two attached hydrogens (primary N) is 1. The van der Waals surface area contributed by atoms with Gasteiger partial charge in [-0.05, 0) is 53.0 Å². The van der Waals surface area contributed by atoms with Crippen molar-refractivity contribution in [2.24, 2.45) is 11.7 Å². The third-order valence-corrected chi connectivity index (χ3v) is 3.45. The standard InChI is InChI=1S/C13H17BrN2O3/c1-8(7-15)2-5-12(17)16-11-6-9(13(18)19)3-4-10(11)14/h3-4,6,8H,2,5,7,15H2,1H3,(H,16,17)(H,18,19). The van der Waals surface area contributed by atoms with Crippen LogP contribution in [0.1, 0.15) is 30.1 Å². The molecule has 1 atom stereocenters. The Morgan fingerprint density at radius 3 is 2.74 bits per heavy atom. The van der Waals surface area contributed by atoms with Gasteiger partial charge in [0.1, 0.15) is 0 Å². The lowest BCUT2D eigenvalue weighted by Gasteiger charge is -2.10. The fourth-order valence-corrected chi connectivity index (χ4v) is 1.81. The van der Waals surface area contributed by atoms with E-state index in [2.05, 4.69) is 21.2 Å². The molecule has 6 heteroatoms. The minimum absolute atomic E-state index is 0.133. The molecule has 1 aromatic carbocycles. The molecule has 0 aliphatic rings. The van der Waals surface area contributed by atoms with E-state index in [4.69, 9.17) is 10.8 Å². The predicted octanol–water partition coefficient (Wildman–Crippen LogP) is 2.46. The predicted molar refractivity (Wildman–Crippen MR) is 77.2 cm³/mol. The van der Waals surface area contributed by atoms with Crippen molar-refractivity contribution in [3.05, 3.63) is 28.2 Å². The van der Waals surface area contributed by atoms with E-state index >= 15 is 0 Å². The molecule has 0 aromatic heterocycles. The number of anilines is 1. The molecule has 0 spiro atoms. The molecule has 4 N–H and O–H groups in total. The summed E-state index contributed by atoms with van der Waals surface area (Å²) < 4.78 is 0.651. The van der Waals surface area contributed by atoms with E-state index in [9.17, 15) is 9.59 Å². The molecular formula is C13H17BrN2O3. The van der Waals surface area contributed by atoms with Crippen molar-refractivity contribution in [3.63, 3.8) is 0 Å². The Labute approximate surface area is 120 Å².